The molecule has 16 heavy (non-hydrogen) atoms. The van der Waals surface area contributed by atoms with Crippen molar-refractivity contribution in [3.63, 3.8) is 0 Å². The zero-order valence-corrected chi connectivity index (χ0v) is 8.11. The summed E-state index contributed by atoms with van der Waals surface area (Å²) in [5.41, 5.74) is -2.94. The molecule has 1 saturated heterocycles. The number of β-amino-alcohol motifs (C(OH)–C–C–N with tert-alkyl or cyclic N) is 1. The minimum atomic E-state index is -4.66. The van der Waals surface area contributed by atoms with Gasteiger partial charge in [0.25, 0.3) is 0 Å². The molecule has 6 heteroatoms. The summed E-state index contributed by atoms with van der Waals surface area (Å²) < 4.78 is 50.7. The molecular formula is C10H9F4NO. The summed E-state index contributed by atoms with van der Waals surface area (Å²) in [6, 6.07) is 2.31. The van der Waals surface area contributed by atoms with Crippen molar-refractivity contribution in [1.82, 2.24) is 5.32 Å². The summed E-state index contributed by atoms with van der Waals surface area (Å²) >= 11 is 0. The van der Waals surface area contributed by atoms with Crippen LogP contribution in [0.5, 0.6) is 0 Å². The van der Waals surface area contributed by atoms with Crippen LogP contribution >= 0.6 is 0 Å². The fourth-order valence-electron chi connectivity index (χ4n) is 1.71. The van der Waals surface area contributed by atoms with Gasteiger partial charge in [0.15, 0.2) is 0 Å². The number of hydrogen-bond donors (Lipinski definition) is 2. The van der Waals surface area contributed by atoms with Crippen LogP contribution in [0.15, 0.2) is 18.2 Å². The summed E-state index contributed by atoms with van der Waals surface area (Å²) in [5, 5.41) is 12.5. The quantitative estimate of drug-likeness (QED) is 0.725. The molecule has 1 fully saturated rings. The summed E-state index contributed by atoms with van der Waals surface area (Å²) in [6.45, 7) is 0.0867. The van der Waals surface area contributed by atoms with Gasteiger partial charge in [0.05, 0.1) is 5.56 Å². The van der Waals surface area contributed by atoms with E-state index in [1.165, 1.54) is 0 Å². The van der Waals surface area contributed by atoms with E-state index in [2.05, 4.69) is 5.32 Å². The van der Waals surface area contributed by atoms with Crippen LogP contribution in [0.25, 0.3) is 0 Å². The lowest BCUT2D eigenvalue weighted by Crippen LogP contribution is -2.57. The number of alkyl halides is 3. The van der Waals surface area contributed by atoms with E-state index < -0.39 is 23.2 Å². The lowest BCUT2D eigenvalue weighted by molar-refractivity contribution is -0.142. The van der Waals surface area contributed by atoms with Crippen LogP contribution in [-0.4, -0.2) is 18.2 Å². The Morgan fingerprint density at radius 3 is 2.31 bits per heavy atom. The average molecular weight is 235 g/mol. The van der Waals surface area contributed by atoms with Gasteiger partial charge in [-0.05, 0) is 17.7 Å². The van der Waals surface area contributed by atoms with E-state index >= 15 is 0 Å². The van der Waals surface area contributed by atoms with Crippen molar-refractivity contribution >= 4 is 0 Å². The summed E-state index contributed by atoms with van der Waals surface area (Å²) in [5.74, 6) is -0.966. The van der Waals surface area contributed by atoms with Crippen molar-refractivity contribution in [3.8, 4) is 0 Å². The lowest BCUT2D eigenvalue weighted by atomic mass is 9.85. The molecule has 0 amide bonds. The molecule has 1 aliphatic heterocycles. The molecule has 1 heterocycles. The second kappa shape index (κ2) is 3.43. The number of hydrogen-bond acceptors (Lipinski definition) is 2. The minimum absolute atomic E-state index is 0.0434. The number of benzene rings is 1. The third-order valence-electron chi connectivity index (χ3n) is 2.62. The highest BCUT2D eigenvalue weighted by Gasteiger charge is 2.44. The predicted molar refractivity (Wildman–Crippen MR) is 48.2 cm³/mol. The van der Waals surface area contributed by atoms with E-state index in [9.17, 15) is 22.7 Å². The molecule has 1 aromatic carbocycles. The number of nitrogens with one attached hydrogen (secondary N) is 1. The summed E-state index contributed by atoms with van der Waals surface area (Å²) in [6.07, 6.45) is -4.66. The minimum Gasteiger partial charge on any atom is -0.382 e. The van der Waals surface area contributed by atoms with Gasteiger partial charge in [-0.25, -0.2) is 4.39 Å². The topological polar surface area (TPSA) is 32.3 Å². The second-order valence-corrected chi connectivity index (χ2v) is 3.82. The fraction of sp³-hybridized carbons (Fsp3) is 0.400. The van der Waals surface area contributed by atoms with Gasteiger partial charge in [0.2, 0.25) is 0 Å². The summed E-state index contributed by atoms with van der Waals surface area (Å²) in [4.78, 5) is 0. The predicted octanol–water partition coefficient (Wildman–Crippen LogP) is 1.64. The highest BCUT2D eigenvalue weighted by atomic mass is 19.4. The van der Waals surface area contributed by atoms with E-state index in [1.54, 1.807) is 0 Å². The Bertz CT molecular complexity index is 412. The van der Waals surface area contributed by atoms with Crippen LogP contribution in [0.2, 0.25) is 0 Å². The van der Waals surface area contributed by atoms with Crippen molar-refractivity contribution in [2.75, 3.05) is 13.1 Å². The van der Waals surface area contributed by atoms with Crippen molar-refractivity contribution < 1.29 is 22.7 Å². The SMILES string of the molecule is OC1(c2ccc(F)cc2C(F)(F)F)CNC1. The van der Waals surface area contributed by atoms with Gasteiger partial charge in [-0.1, -0.05) is 6.07 Å². The summed E-state index contributed by atoms with van der Waals surface area (Å²) in [7, 11) is 0. The first-order valence-electron chi connectivity index (χ1n) is 4.63. The smallest absolute Gasteiger partial charge is 0.382 e. The third kappa shape index (κ3) is 1.78. The molecule has 2 nitrogen and oxygen atoms in total. The molecule has 1 aliphatic rings. The lowest BCUT2D eigenvalue weighted by Gasteiger charge is -2.39. The van der Waals surface area contributed by atoms with Gasteiger partial charge in [-0.15, -0.1) is 0 Å². The van der Waals surface area contributed by atoms with E-state index in [-0.39, 0.29) is 18.7 Å². The second-order valence-electron chi connectivity index (χ2n) is 3.82. The largest absolute Gasteiger partial charge is 0.416 e. The van der Waals surface area contributed by atoms with Crippen LogP contribution in [0.1, 0.15) is 11.1 Å². The Kier molecular flexibility index (Phi) is 2.43. The van der Waals surface area contributed by atoms with E-state index in [4.69, 9.17) is 0 Å². The first-order valence-corrected chi connectivity index (χ1v) is 4.63. The van der Waals surface area contributed by atoms with Gasteiger partial charge >= 0.3 is 6.18 Å². The standard InChI is InChI=1S/C10H9F4NO/c11-6-1-2-7(9(16)4-15-5-9)8(3-6)10(12,13)14/h1-3,15-16H,4-5H2. The van der Waals surface area contributed by atoms with Gasteiger partial charge in [0, 0.05) is 13.1 Å². The molecule has 2 N–H and O–H groups in total. The molecule has 0 atom stereocenters. The molecule has 0 aromatic heterocycles. The van der Waals surface area contributed by atoms with E-state index in [1.807, 2.05) is 0 Å². The first kappa shape index (κ1) is 11.3. The van der Waals surface area contributed by atoms with Gasteiger partial charge in [-0.2, -0.15) is 13.2 Å². The maximum absolute atomic E-state index is 12.8. The fourth-order valence-corrected chi connectivity index (χ4v) is 1.71. The van der Waals surface area contributed by atoms with Crippen molar-refractivity contribution in [2.45, 2.75) is 11.8 Å². The molecular weight excluding hydrogens is 226 g/mol. The molecule has 0 saturated carbocycles. The Balaban J connectivity index is 2.52. The van der Waals surface area contributed by atoms with E-state index in [0.29, 0.717) is 6.07 Å². The Labute approximate surface area is 88.9 Å². The van der Waals surface area contributed by atoms with Crippen LogP contribution < -0.4 is 5.32 Å². The normalized spacial score (nSPS) is 19.3. The Hall–Kier alpha value is -1.14. The molecule has 0 aliphatic carbocycles. The molecule has 88 valence electrons. The monoisotopic (exact) mass is 235 g/mol. The molecule has 0 unspecified atom stereocenters. The molecule has 0 radical (unpaired) electrons. The number of halogens is 4. The number of aliphatic hydroxyl groups is 1. The molecule has 2 rings (SSSR count). The van der Waals surface area contributed by atoms with Crippen molar-refractivity contribution in [2.24, 2.45) is 0 Å². The van der Waals surface area contributed by atoms with Crippen LogP contribution in [0.3, 0.4) is 0 Å². The molecule has 1 aromatic rings. The zero-order chi connectivity index (χ0) is 12.0. The van der Waals surface area contributed by atoms with Crippen molar-refractivity contribution in [1.29, 1.82) is 0 Å². The third-order valence-corrected chi connectivity index (χ3v) is 2.62. The number of rotatable bonds is 1. The van der Waals surface area contributed by atoms with Gasteiger partial charge in [0.1, 0.15) is 11.4 Å². The molecule has 0 spiro atoms. The average Bonchev–Trinajstić information content (AvgIpc) is 2.13. The Morgan fingerprint density at radius 1 is 1.25 bits per heavy atom. The maximum Gasteiger partial charge on any atom is 0.416 e. The zero-order valence-electron chi connectivity index (χ0n) is 8.11. The Morgan fingerprint density at radius 2 is 1.88 bits per heavy atom. The highest BCUT2D eigenvalue weighted by molar-refractivity contribution is 5.37. The van der Waals surface area contributed by atoms with Gasteiger partial charge in [-0.3, -0.25) is 0 Å². The van der Waals surface area contributed by atoms with Crippen LogP contribution in [0, 0.1) is 5.82 Å². The van der Waals surface area contributed by atoms with Crippen molar-refractivity contribution in [3.05, 3.63) is 35.1 Å². The highest BCUT2D eigenvalue weighted by Crippen LogP contribution is 2.38. The van der Waals surface area contributed by atoms with Crippen LogP contribution in [-0.2, 0) is 11.8 Å². The maximum atomic E-state index is 12.8. The van der Waals surface area contributed by atoms with Gasteiger partial charge < -0.3 is 10.4 Å². The molecule has 0 bridgehead atoms. The van der Waals surface area contributed by atoms with Crippen LogP contribution in [0.4, 0.5) is 17.6 Å². The van der Waals surface area contributed by atoms with E-state index in [0.717, 1.165) is 12.1 Å². The first-order chi connectivity index (χ1) is 7.33.